The van der Waals surface area contributed by atoms with E-state index in [1.807, 2.05) is 13.0 Å². The van der Waals surface area contributed by atoms with Gasteiger partial charge in [-0.2, -0.15) is 0 Å². The second-order valence-electron chi connectivity index (χ2n) is 4.65. The van der Waals surface area contributed by atoms with Gasteiger partial charge in [0.15, 0.2) is 0 Å². The molecule has 2 rings (SSSR count). The van der Waals surface area contributed by atoms with Gasteiger partial charge < -0.3 is 5.32 Å². The number of nitrogens with one attached hydrogen (secondary N) is 1. The Labute approximate surface area is 130 Å². The molecule has 0 bridgehead atoms. The van der Waals surface area contributed by atoms with Crippen molar-refractivity contribution < 1.29 is 8.78 Å². The predicted octanol–water partition coefficient (Wildman–Crippen LogP) is 4.55. The van der Waals surface area contributed by atoms with Gasteiger partial charge >= 0.3 is 0 Å². The molecule has 5 heteroatoms. The molecule has 0 radical (unpaired) electrons. The Kier molecular flexibility index (Phi) is 5.69. The van der Waals surface area contributed by atoms with Crippen LogP contribution >= 0.6 is 27.3 Å². The van der Waals surface area contributed by atoms with Crippen molar-refractivity contribution in [2.75, 3.05) is 6.54 Å². The predicted molar refractivity (Wildman–Crippen MR) is 83.2 cm³/mol. The van der Waals surface area contributed by atoms with Crippen molar-refractivity contribution in [1.29, 1.82) is 0 Å². The van der Waals surface area contributed by atoms with Gasteiger partial charge in [-0.25, -0.2) is 8.78 Å². The molecule has 108 valence electrons. The van der Waals surface area contributed by atoms with E-state index in [0.717, 1.165) is 22.8 Å². The zero-order valence-electron chi connectivity index (χ0n) is 11.1. The van der Waals surface area contributed by atoms with Crippen LogP contribution in [0.3, 0.4) is 0 Å². The SMILES string of the molecule is CCNC(Cc1cc(F)cc(F)c1)Cc1ccc(Br)s1. The summed E-state index contributed by atoms with van der Waals surface area (Å²) in [6, 6.07) is 7.97. The normalized spacial score (nSPS) is 12.6. The van der Waals surface area contributed by atoms with Gasteiger partial charge in [-0.1, -0.05) is 6.92 Å². The van der Waals surface area contributed by atoms with Crippen LogP contribution < -0.4 is 5.32 Å². The second kappa shape index (κ2) is 7.29. The molecule has 20 heavy (non-hydrogen) atoms. The van der Waals surface area contributed by atoms with Crippen molar-refractivity contribution in [3.05, 3.63) is 56.2 Å². The van der Waals surface area contributed by atoms with Crippen LogP contribution in [-0.2, 0) is 12.8 Å². The number of rotatable bonds is 6. The topological polar surface area (TPSA) is 12.0 Å². The molecule has 0 aliphatic rings. The van der Waals surface area contributed by atoms with E-state index in [9.17, 15) is 8.78 Å². The van der Waals surface area contributed by atoms with Gasteiger partial charge in [0.2, 0.25) is 0 Å². The van der Waals surface area contributed by atoms with Crippen LogP contribution in [-0.4, -0.2) is 12.6 Å². The van der Waals surface area contributed by atoms with Crippen molar-refractivity contribution in [3.8, 4) is 0 Å². The Morgan fingerprint density at radius 3 is 2.40 bits per heavy atom. The Morgan fingerprint density at radius 1 is 1.15 bits per heavy atom. The summed E-state index contributed by atoms with van der Waals surface area (Å²) in [5.74, 6) is -1.04. The quantitative estimate of drug-likeness (QED) is 0.797. The number of hydrogen-bond acceptors (Lipinski definition) is 2. The van der Waals surface area contributed by atoms with Gasteiger partial charge in [-0.05, 0) is 65.1 Å². The first-order chi connectivity index (χ1) is 9.56. The zero-order chi connectivity index (χ0) is 14.5. The summed E-state index contributed by atoms with van der Waals surface area (Å²) in [6.07, 6.45) is 1.46. The van der Waals surface area contributed by atoms with E-state index in [0.29, 0.717) is 12.0 Å². The van der Waals surface area contributed by atoms with Gasteiger partial charge in [0.05, 0.1) is 3.79 Å². The smallest absolute Gasteiger partial charge is 0.126 e. The first-order valence-corrected chi connectivity index (χ1v) is 8.10. The molecule has 1 nitrogen and oxygen atoms in total. The summed E-state index contributed by atoms with van der Waals surface area (Å²) < 4.78 is 27.6. The van der Waals surface area contributed by atoms with Crippen LogP contribution in [0.1, 0.15) is 17.4 Å². The average Bonchev–Trinajstić information content (AvgIpc) is 2.73. The molecular formula is C15H16BrF2NS. The van der Waals surface area contributed by atoms with E-state index in [2.05, 4.69) is 27.3 Å². The summed E-state index contributed by atoms with van der Waals surface area (Å²) in [4.78, 5) is 1.25. The largest absolute Gasteiger partial charge is 0.314 e. The maximum absolute atomic E-state index is 13.2. The minimum Gasteiger partial charge on any atom is -0.314 e. The zero-order valence-corrected chi connectivity index (χ0v) is 13.5. The Bertz CT molecular complexity index is 551. The molecule has 0 fully saturated rings. The molecule has 0 spiro atoms. The van der Waals surface area contributed by atoms with Crippen LogP contribution in [0.15, 0.2) is 34.1 Å². The molecule has 1 heterocycles. The Hall–Kier alpha value is -0.780. The third-order valence-corrected chi connectivity index (χ3v) is 4.62. The summed E-state index contributed by atoms with van der Waals surface area (Å²) in [5.41, 5.74) is 0.684. The number of likely N-dealkylation sites (N-methyl/N-ethyl adjacent to an activating group) is 1. The lowest BCUT2D eigenvalue weighted by Crippen LogP contribution is -2.32. The van der Waals surface area contributed by atoms with Crippen molar-refractivity contribution in [2.45, 2.75) is 25.8 Å². The standard InChI is InChI=1S/C15H16BrF2NS/c1-2-19-13(9-14-3-4-15(16)20-14)7-10-5-11(17)8-12(18)6-10/h3-6,8,13,19H,2,7,9H2,1H3. The molecular weight excluding hydrogens is 344 g/mol. The van der Waals surface area contributed by atoms with Gasteiger partial charge in [0, 0.05) is 17.0 Å². The summed E-state index contributed by atoms with van der Waals surface area (Å²) >= 11 is 5.13. The van der Waals surface area contributed by atoms with Gasteiger partial charge in [0.1, 0.15) is 11.6 Å². The summed E-state index contributed by atoms with van der Waals surface area (Å²) in [7, 11) is 0. The number of thiophene rings is 1. The monoisotopic (exact) mass is 359 g/mol. The Balaban J connectivity index is 2.08. The first-order valence-electron chi connectivity index (χ1n) is 6.49. The molecule has 0 amide bonds. The van der Waals surface area contributed by atoms with E-state index in [-0.39, 0.29) is 6.04 Å². The average molecular weight is 360 g/mol. The van der Waals surface area contributed by atoms with Crippen molar-refractivity contribution >= 4 is 27.3 Å². The van der Waals surface area contributed by atoms with E-state index in [1.165, 1.54) is 17.0 Å². The van der Waals surface area contributed by atoms with Crippen molar-refractivity contribution in [3.63, 3.8) is 0 Å². The van der Waals surface area contributed by atoms with Crippen LogP contribution in [0.2, 0.25) is 0 Å². The molecule has 1 aromatic heterocycles. The number of benzene rings is 1. The fraction of sp³-hybridized carbons (Fsp3) is 0.333. The summed E-state index contributed by atoms with van der Waals surface area (Å²) in [6.45, 7) is 2.86. The lowest BCUT2D eigenvalue weighted by atomic mass is 10.0. The lowest BCUT2D eigenvalue weighted by Gasteiger charge is -2.17. The molecule has 1 atom stereocenters. The highest BCUT2D eigenvalue weighted by atomic mass is 79.9. The van der Waals surface area contributed by atoms with Crippen molar-refractivity contribution in [2.24, 2.45) is 0 Å². The third kappa shape index (κ3) is 4.65. The number of hydrogen-bond donors (Lipinski definition) is 1. The van der Waals surface area contributed by atoms with E-state index >= 15 is 0 Å². The van der Waals surface area contributed by atoms with Gasteiger partial charge in [-0.3, -0.25) is 0 Å². The molecule has 0 aliphatic heterocycles. The molecule has 1 aromatic carbocycles. The second-order valence-corrected chi connectivity index (χ2v) is 7.19. The highest BCUT2D eigenvalue weighted by Gasteiger charge is 2.12. The minimum atomic E-state index is -0.519. The third-order valence-electron chi connectivity index (χ3n) is 2.97. The maximum Gasteiger partial charge on any atom is 0.126 e. The van der Waals surface area contributed by atoms with Gasteiger partial charge in [-0.15, -0.1) is 11.3 Å². The minimum absolute atomic E-state index is 0.173. The first kappa shape index (κ1) is 15.6. The van der Waals surface area contributed by atoms with Crippen LogP contribution in [0, 0.1) is 11.6 Å². The molecule has 1 unspecified atom stereocenters. The van der Waals surface area contributed by atoms with Crippen LogP contribution in [0.25, 0.3) is 0 Å². The highest BCUT2D eigenvalue weighted by Crippen LogP contribution is 2.24. The van der Waals surface area contributed by atoms with E-state index in [1.54, 1.807) is 11.3 Å². The Morgan fingerprint density at radius 2 is 1.85 bits per heavy atom. The molecule has 0 aliphatic carbocycles. The highest BCUT2D eigenvalue weighted by molar-refractivity contribution is 9.11. The van der Waals surface area contributed by atoms with Crippen LogP contribution in [0.4, 0.5) is 8.78 Å². The number of halogens is 3. The summed E-state index contributed by atoms with van der Waals surface area (Å²) in [5, 5.41) is 3.37. The molecule has 0 saturated heterocycles. The molecule has 0 saturated carbocycles. The molecule has 2 aromatic rings. The fourth-order valence-corrected chi connectivity index (χ4v) is 3.79. The van der Waals surface area contributed by atoms with E-state index in [4.69, 9.17) is 0 Å². The van der Waals surface area contributed by atoms with Crippen LogP contribution in [0.5, 0.6) is 0 Å². The van der Waals surface area contributed by atoms with E-state index < -0.39 is 11.6 Å². The molecule has 1 N–H and O–H groups in total. The lowest BCUT2D eigenvalue weighted by molar-refractivity contribution is 0.518. The van der Waals surface area contributed by atoms with Crippen molar-refractivity contribution in [1.82, 2.24) is 5.32 Å². The van der Waals surface area contributed by atoms with Gasteiger partial charge in [0.25, 0.3) is 0 Å². The fourth-order valence-electron chi connectivity index (χ4n) is 2.22. The maximum atomic E-state index is 13.2.